The van der Waals surface area contributed by atoms with Crippen LogP contribution in [-0.2, 0) is 37.9 Å². The number of aliphatic hydroxyl groups is 1. The van der Waals surface area contributed by atoms with Gasteiger partial charge in [-0.15, -0.1) is 15.7 Å². The predicted octanol–water partition coefficient (Wildman–Crippen LogP) is 2.73. The number of benzene rings is 1. The average Bonchev–Trinajstić information content (AvgIpc) is 3.61. The molecule has 0 saturated heterocycles. The number of amides is 1. The van der Waals surface area contributed by atoms with Crippen molar-refractivity contribution in [3.63, 3.8) is 0 Å². The summed E-state index contributed by atoms with van der Waals surface area (Å²) in [6.45, 7) is -0.132. The van der Waals surface area contributed by atoms with Crippen molar-refractivity contribution in [2.75, 3.05) is 18.7 Å². The number of fused-ring (bicyclic) bond motifs is 6. The standard InChI is InChI=1S/C25H27FN4O7S3/c1-37-17-7-12(3-6-16(17)26)10-30-20-14-5-4-13(8-14)18(20)21(31)19(25(30)32)23-28-24-22(40(35,36)29-23)15(11-38-24)9-27-39(2,33)34/h3,6-7,11,13-14,18,20,27,31H,4-5,8-10H2,1-2H3,(H,28,29)/t13-,14+,18-,20+/m1/s1. The van der Waals surface area contributed by atoms with E-state index in [1.807, 2.05) is 0 Å². The van der Waals surface area contributed by atoms with E-state index < -0.39 is 31.8 Å². The number of amidine groups is 1. The average molecular weight is 611 g/mol. The Morgan fingerprint density at radius 2 is 2.05 bits per heavy atom. The Bertz CT molecular complexity index is 1700. The van der Waals surface area contributed by atoms with Crippen LogP contribution in [0.5, 0.6) is 5.75 Å². The molecule has 0 unspecified atom stereocenters. The summed E-state index contributed by atoms with van der Waals surface area (Å²) in [6, 6.07) is 4.07. The molecule has 2 saturated carbocycles. The molecule has 6 rings (SSSR count). The fraction of sp³-hybridized carbons (Fsp3) is 0.440. The maximum atomic E-state index is 14.1. The highest BCUT2D eigenvalue weighted by Crippen LogP contribution is 2.55. The third-order valence-corrected chi connectivity index (χ3v) is 11.3. The second-order valence-corrected chi connectivity index (χ2v) is 14.8. The van der Waals surface area contributed by atoms with Crippen LogP contribution in [0.25, 0.3) is 0 Å². The molecule has 0 spiro atoms. The lowest BCUT2D eigenvalue weighted by atomic mass is 9.77. The van der Waals surface area contributed by atoms with Gasteiger partial charge in [-0.25, -0.2) is 17.5 Å². The quantitative estimate of drug-likeness (QED) is 0.433. The SMILES string of the molecule is COc1cc(CN2C(=O)C(C3=NS(=O)(=O)c4c(CNS(C)(=O)=O)csc4N3)=C(O)[C@@H]3[C@@H]4CC[C@@H](C4)[C@@H]32)ccc1F. The molecule has 4 aliphatic rings. The van der Waals surface area contributed by atoms with E-state index in [0.717, 1.165) is 36.9 Å². The Kier molecular flexibility index (Phi) is 6.48. The summed E-state index contributed by atoms with van der Waals surface area (Å²) in [7, 11) is -6.56. The zero-order valence-corrected chi connectivity index (χ0v) is 24.0. The number of nitrogens with zero attached hydrogens (tertiary/aromatic N) is 2. The van der Waals surface area contributed by atoms with E-state index in [9.17, 15) is 31.1 Å². The largest absolute Gasteiger partial charge is 0.511 e. The molecule has 4 atom stereocenters. The van der Waals surface area contributed by atoms with Crippen LogP contribution in [0.1, 0.15) is 30.4 Å². The molecule has 2 aliphatic carbocycles. The Morgan fingerprint density at radius 3 is 2.77 bits per heavy atom. The van der Waals surface area contributed by atoms with Crippen molar-refractivity contribution in [1.82, 2.24) is 9.62 Å². The molecule has 0 radical (unpaired) electrons. The number of halogens is 1. The highest BCUT2D eigenvalue weighted by atomic mass is 32.2. The lowest BCUT2D eigenvalue weighted by Crippen LogP contribution is -2.53. The first-order valence-corrected chi connectivity index (χ1v) is 16.8. The fourth-order valence-corrected chi connectivity index (χ4v) is 9.56. The van der Waals surface area contributed by atoms with Crippen LogP contribution >= 0.6 is 11.3 Å². The van der Waals surface area contributed by atoms with Gasteiger partial charge in [0.05, 0.1) is 13.4 Å². The molecule has 214 valence electrons. The summed E-state index contributed by atoms with van der Waals surface area (Å²) < 4.78 is 75.0. The van der Waals surface area contributed by atoms with Gasteiger partial charge in [0.25, 0.3) is 15.9 Å². The minimum Gasteiger partial charge on any atom is -0.511 e. The van der Waals surface area contributed by atoms with E-state index in [1.54, 1.807) is 11.0 Å². The third-order valence-electron chi connectivity index (χ3n) is 8.13. The number of aliphatic hydroxyl groups excluding tert-OH is 1. The molecule has 40 heavy (non-hydrogen) atoms. The molecule has 3 N–H and O–H groups in total. The topological polar surface area (TPSA) is 154 Å². The van der Waals surface area contributed by atoms with Gasteiger partial charge in [-0.05, 0) is 54.2 Å². The van der Waals surface area contributed by atoms with Crippen molar-refractivity contribution in [1.29, 1.82) is 0 Å². The summed E-state index contributed by atoms with van der Waals surface area (Å²) in [6.07, 6.45) is 3.61. The Balaban J connectivity index is 1.39. The van der Waals surface area contributed by atoms with Gasteiger partial charge in [-0.2, -0.15) is 8.42 Å². The molecule has 2 fully saturated rings. The van der Waals surface area contributed by atoms with Gasteiger partial charge in [0.2, 0.25) is 10.0 Å². The third kappa shape index (κ3) is 4.48. The van der Waals surface area contributed by atoms with Crippen LogP contribution in [0.2, 0.25) is 0 Å². The van der Waals surface area contributed by atoms with Crippen molar-refractivity contribution in [2.24, 2.45) is 22.2 Å². The van der Waals surface area contributed by atoms with Gasteiger partial charge in [-0.3, -0.25) is 4.79 Å². The summed E-state index contributed by atoms with van der Waals surface area (Å²) in [5, 5.41) is 16.0. The van der Waals surface area contributed by atoms with Crippen molar-refractivity contribution >= 4 is 48.1 Å². The molecule has 1 aromatic carbocycles. The lowest BCUT2D eigenvalue weighted by molar-refractivity contribution is -0.134. The smallest absolute Gasteiger partial charge is 0.287 e. The number of nitrogens with one attached hydrogen (secondary N) is 2. The van der Waals surface area contributed by atoms with E-state index in [0.29, 0.717) is 5.56 Å². The van der Waals surface area contributed by atoms with Crippen LogP contribution in [0.15, 0.2) is 44.2 Å². The summed E-state index contributed by atoms with van der Waals surface area (Å²) >= 11 is 1.03. The second kappa shape index (κ2) is 9.53. The number of carbonyl (C=O) groups is 1. The Labute approximate surface area is 234 Å². The van der Waals surface area contributed by atoms with E-state index in [2.05, 4.69) is 14.4 Å². The molecular weight excluding hydrogens is 583 g/mol. The number of carbonyl (C=O) groups excluding carboxylic acids is 1. The molecule has 2 aromatic rings. The fourth-order valence-electron chi connectivity index (χ4n) is 6.54. The zero-order chi connectivity index (χ0) is 28.6. The van der Waals surface area contributed by atoms with Crippen molar-refractivity contribution in [3.05, 3.63) is 51.9 Å². The predicted molar refractivity (Wildman–Crippen MR) is 146 cm³/mol. The van der Waals surface area contributed by atoms with Crippen molar-refractivity contribution < 1.29 is 35.9 Å². The summed E-state index contributed by atoms with van der Waals surface area (Å²) in [5.41, 5.74) is 0.638. The van der Waals surface area contributed by atoms with Crippen molar-refractivity contribution in [2.45, 2.75) is 43.3 Å². The van der Waals surface area contributed by atoms with Crippen LogP contribution in [-0.4, -0.2) is 58.0 Å². The van der Waals surface area contributed by atoms with Gasteiger partial charge in [0.15, 0.2) is 17.4 Å². The minimum atomic E-state index is -4.34. The normalized spacial score (nSPS) is 26.8. The van der Waals surface area contributed by atoms with E-state index >= 15 is 0 Å². The molecule has 2 aliphatic heterocycles. The van der Waals surface area contributed by atoms with E-state index in [-0.39, 0.29) is 75.3 Å². The minimum absolute atomic E-state index is 0.0425. The van der Waals surface area contributed by atoms with Gasteiger partial charge in [0.1, 0.15) is 21.2 Å². The first-order chi connectivity index (χ1) is 18.9. The highest BCUT2D eigenvalue weighted by molar-refractivity contribution is 7.91. The second-order valence-electron chi connectivity index (χ2n) is 10.6. The number of sulfonamides is 2. The first-order valence-electron chi connectivity index (χ1n) is 12.6. The molecule has 11 nitrogen and oxygen atoms in total. The van der Waals surface area contributed by atoms with Crippen LogP contribution in [0.4, 0.5) is 9.39 Å². The number of methoxy groups -OCH3 is 1. The number of anilines is 1. The zero-order valence-electron chi connectivity index (χ0n) is 21.5. The number of rotatable bonds is 7. The molecule has 15 heteroatoms. The van der Waals surface area contributed by atoms with Crippen LogP contribution in [0, 0.1) is 23.6 Å². The summed E-state index contributed by atoms with van der Waals surface area (Å²) in [5.74, 6) is -1.57. The molecular formula is C25H27FN4O7S3. The monoisotopic (exact) mass is 610 g/mol. The maximum absolute atomic E-state index is 14.1. The van der Waals surface area contributed by atoms with Crippen LogP contribution < -0.4 is 14.8 Å². The molecule has 1 aromatic heterocycles. The molecule has 3 heterocycles. The van der Waals surface area contributed by atoms with Gasteiger partial charge in [-0.1, -0.05) is 6.07 Å². The van der Waals surface area contributed by atoms with E-state index in [4.69, 9.17) is 4.74 Å². The lowest BCUT2D eigenvalue weighted by Gasteiger charge is -2.44. The Hall–Kier alpha value is -3.01. The number of hydrogen-bond acceptors (Lipinski definition) is 9. The summed E-state index contributed by atoms with van der Waals surface area (Å²) in [4.78, 5) is 15.5. The van der Waals surface area contributed by atoms with Crippen molar-refractivity contribution in [3.8, 4) is 5.75 Å². The number of hydrogen-bond donors (Lipinski definition) is 3. The Morgan fingerprint density at radius 1 is 1.30 bits per heavy atom. The number of ether oxygens (including phenoxy) is 1. The van der Waals surface area contributed by atoms with Gasteiger partial charge in [0, 0.05) is 30.6 Å². The maximum Gasteiger partial charge on any atom is 0.287 e. The van der Waals surface area contributed by atoms with Crippen LogP contribution in [0.3, 0.4) is 0 Å². The van der Waals surface area contributed by atoms with Gasteiger partial charge >= 0.3 is 0 Å². The molecule has 1 amide bonds. The van der Waals surface area contributed by atoms with Gasteiger partial charge < -0.3 is 20.1 Å². The number of thiophene rings is 1. The van der Waals surface area contributed by atoms with E-state index in [1.165, 1.54) is 24.6 Å². The highest BCUT2D eigenvalue weighted by Gasteiger charge is 2.57. The first kappa shape index (κ1) is 27.2. The molecule has 2 bridgehead atoms.